The van der Waals surface area contributed by atoms with Crippen LogP contribution in [0, 0.1) is 0 Å². The van der Waals surface area contributed by atoms with Crippen molar-refractivity contribution in [3.05, 3.63) is 46.4 Å². The molecule has 0 atom stereocenters. The van der Waals surface area contributed by atoms with Crippen molar-refractivity contribution in [3.8, 4) is 5.75 Å². The lowest BCUT2D eigenvalue weighted by molar-refractivity contribution is 0.0910. The Bertz CT molecular complexity index is 667. The number of hydrogen-bond acceptors (Lipinski definition) is 5. The first-order valence-corrected chi connectivity index (χ1v) is 9.82. The van der Waals surface area contributed by atoms with E-state index in [1.165, 1.54) is 6.42 Å². The van der Waals surface area contributed by atoms with E-state index in [0.717, 1.165) is 38.2 Å². The van der Waals surface area contributed by atoms with Gasteiger partial charge in [0.05, 0.1) is 11.2 Å². The third-order valence-corrected chi connectivity index (χ3v) is 5.06. The molecule has 1 aromatic heterocycles. The predicted molar refractivity (Wildman–Crippen MR) is 100 cm³/mol. The van der Waals surface area contributed by atoms with Gasteiger partial charge >= 0.3 is 0 Å². The van der Waals surface area contributed by atoms with Crippen LogP contribution in [-0.2, 0) is 6.61 Å². The number of hydrogen-bond donors (Lipinski definition) is 1. The van der Waals surface area contributed by atoms with E-state index in [-0.39, 0.29) is 11.9 Å². The summed E-state index contributed by atoms with van der Waals surface area (Å²) in [5.41, 5.74) is 3.33. The minimum atomic E-state index is -0.0203. The van der Waals surface area contributed by atoms with Crippen LogP contribution < -0.4 is 10.1 Å². The maximum absolute atomic E-state index is 12.5. The molecule has 1 aliphatic rings. The standard InChI is InChI=1S/C19H25N3O2S/c1-2-8-22-9-6-16(7-10-22)21-19(23)15-4-3-5-18(11-15)24-12-17-13-25-14-20-17/h3-5,11,13-14,16H,2,6-10,12H2,1H3,(H,21,23). The Hall–Kier alpha value is -1.92. The van der Waals surface area contributed by atoms with E-state index >= 15 is 0 Å². The van der Waals surface area contributed by atoms with Crippen molar-refractivity contribution >= 4 is 17.2 Å². The van der Waals surface area contributed by atoms with Gasteiger partial charge in [-0.1, -0.05) is 13.0 Å². The topological polar surface area (TPSA) is 54.5 Å². The van der Waals surface area contributed by atoms with Crippen molar-refractivity contribution in [2.45, 2.75) is 38.8 Å². The van der Waals surface area contributed by atoms with Gasteiger partial charge in [0.1, 0.15) is 12.4 Å². The number of likely N-dealkylation sites (tertiary alicyclic amines) is 1. The molecule has 25 heavy (non-hydrogen) atoms. The van der Waals surface area contributed by atoms with E-state index in [1.807, 2.05) is 23.6 Å². The molecule has 0 spiro atoms. The lowest BCUT2D eigenvalue weighted by atomic mass is 10.0. The number of carbonyl (C=O) groups is 1. The smallest absolute Gasteiger partial charge is 0.251 e. The highest BCUT2D eigenvalue weighted by atomic mass is 32.1. The highest BCUT2D eigenvalue weighted by Crippen LogP contribution is 2.17. The number of nitrogens with zero attached hydrogens (tertiary/aromatic N) is 2. The summed E-state index contributed by atoms with van der Waals surface area (Å²) in [5.74, 6) is 0.673. The summed E-state index contributed by atoms with van der Waals surface area (Å²) in [6.45, 7) is 5.91. The van der Waals surface area contributed by atoms with Crippen LogP contribution in [0.1, 0.15) is 42.2 Å². The Labute approximate surface area is 153 Å². The average molecular weight is 359 g/mol. The number of ether oxygens (including phenoxy) is 1. The highest BCUT2D eigenvalue weighted by molar-refractivity contribution is 7.07. The maximum Gasteiger partial charge on any atom is 0.251 e. The largest absolute Gasteiger partial charge is 0.487 e. The number of rotatable bonds is 7. The number of amides is 1. The molecule has 0 saturated carbocycles. The van der Waals surface area contributed by atoms with Crippen LogP contribution in [0.4, 0.5) is 0 Å². The Morgan fingerprint density at radius 1 is 1.40 bits per heavy atom. The number of benzene rings is 1. The van der Waals surface area contributed by atoms with Crippen LogP contribution in [0.25, 0.3) is 0 Å². The van der Waals surface area contributed by atoms with Gasteiger partial charge in [-0.25, -0.2) is 4.98 Å². The minimum Gasteiger partial charge on any atom is -0.487 e. The third kappa shape index (κ3) is 5.28. The second-order valence-electron chi connectivity index (χ2n) is 6.39. The molecular weight excluding hydrogens is 334 g/mol. The van der Waals surface area contributed by atoms with E-state index in [4.69, 9.17) is 4.74 Å². The lowest BCUT2D eigenvalue weighted by Crippen LogP contribution is -2.44. The Kier molecular flexibility index (Phi) is 6.42. The number of nitrogens with one attached hydrogen (secondary N) is 1. The zero-order chi connectivity index (χ0) is 17.5. The van der Waals surface area contributed by atoms with Gasteiger partial charge in [-0.15, -0.1) is 11.3 Å². The van der Waals surface area contributed by atoms with Crippen LogP contribution in [0.15, 0.2) is 35.2 Å². The minimum absolute atomic E-state index is 0.0203. The second-order valence-corrected chi connectivity index (χ2v) is 7.10. The van der Waals surface area contributed by atoms with Crippen molar-refractivity contribution < 1.29 is 9.53 Å². The molecule has 0 radical (unpaired) electrons. The summed E-state index contributed by atoms with van der Waals surface area (Å²) in [7, 11) is 0. The van der Waals surface area contributed by atoms with Crippen LogP contribution in [-0.4, -0.2) is 41.5 Å². The monoisotopic (exact) mass is 359 g/mol. The first-order valence-electron chi connectivity index (χ1n) is 8.87. The maximum atomic E-state index is 12.5. The molecule has 1 saturated heterocycles. The van der Waals surface area contributed by atoms with Gasteiger partial charge in [0.15, 0.2) is 0 Å². The molecule has 2 heterocycles. The lowest BCUT2D eigenvalue weighted by Gasteiger charge is -2.32. The van der Waals surface area contributed by atoms with Gasteiger partial charge in [-0.05, 0) is 44.0 Å². The van der Waals surface area contributed by atoms with Crippen LogP contribution >= 0.6 is 11.3 Å². The molecule has 1 aliphatic heterocycles. The molecule has 1 aromatic carbocycles. The molecule has 0 bridgehead atoms. The van der Waals surface area contributed by atoms with E-state index in [9.17, 15) is 4.79 Å². The Morgan fingerprint density at radius 2 is 2.24 bits per heavy atom. The molecule has 3 rings (SSSR count). The first kappa shape index (κ1) is 17.9. The summed E-state index contributed by atoms with van der Waals surface area (Å²) in [6, 6.07) is 7.62. The summed E-state index contributed by atoms with van der Waals surface area (Å²) < 4.78 is 5.73. The Morgan fingerprint density at radius 3 is 2.96 bits per heavy atom. The van der Waals surface area contributed by atoms with Crippen LogP contribution in [0.3, 0.4) is 0 Å². The molecule has 2 aromatic rings. The molecule has 5 nitrogen and oxygen atoms in total. The van der Waals surface area contributed by atoms with Crippen molar-refractivity contribution in [2.24, 2.45) is 0 Å². The SMILES string of the molecule is CCCN1CCC(NC(=O)c2cccc(OCc3cscn3)c2)CC1. The van der Waals surface area contributed by atoms with Gasteiger partial charge in [0.25, 0.3) is 5.91 Å². The van der Waals surface area contributed by atoms with Crippen molar-refractivity contribution in [3.63, 3.8) is 0 Å². The molecule has 1 fully saturated rings. The molecule has 0 unspecified atom stereocenters. The zero-order valence-corrected chi connectivity index (χ0v) is 15.4. The van der Waals surface area contributed by atoms with Crippen LogP contribution in [0.5, 0.6) is 5.75 Å². The second kappa shape index (κ2) is 8.97. The predicted octanol–water partition coefficient (Wildman–Crippen LogP) is 3.33. The summed E-state index contributed by atoms with van der Waals surface area (Å²) in [6.07, 6.45) is 3.22. The zero-order valence-electron chi connectivity index (χ0n) is 14.6. The van der Waals surface area contributed by atoms with Crippen molar-refractivity contribution in [2.75, 3.05) is 19.6 Å². The summed E-state index contributed by atoms with van der Waals surface area (Å²) in [4.78, 5) is 19.2. The quantitative estimate of drug-likeness (QED) is 0.824. The highest BCUT2D eigenvalue weighted by Gasteiger charge is 2.20. The third-order valence-electron chi connectivity index (χ3n) is 4.43. The van der Waals surface area contributed by atoms with Crippen molar-refractivity contribution in [1.82, 2.24) is 15.2 Å². The van der Waals surface area contributed by atoms with Gasteiger partial charge in [0, 0.05) is 30.1 Å². The molecule has 1 amide bonds. The summed E-state index contributed by atoms with van der Waals surface area (Å²) >= 11 is 1.55. The van der Waals surface area contributed by atoms with E-state index in [1.54, 1.807) is 22.9 Å². The number of thiazole rings is 1. The number of piperidine rings is 1. The molecular formula is C19H25N3O2S. The van der Waals surface area contributed by atoms with Crippen molar-refractivity contribution in [1.29, 1.82) is 0 Å². The van der Waals surface area contributed by atoms with Gasteiger partial charge in [-0.3, -0.25) is 4.79 Å². The van der Waals surface area contributed by atoms with Gasteiger partial charge in [0.2, 0.25) is 0 Å². The Balaban J connectivity index is 1.51. The first-order chi connectivity index (χ1) is 12.2. The van der Waals surface area contributed by atoms with Gasteiger partial charge in [-0.2, -0.15) is 0 Å². The molecule has 0 aliphatic carbocycles. The molecule has 6 heteroatoms. The van der Waals surface area contributed by atoms with Crippen LogP contribution in [0.2, 0.25) is 0 Å². The van der Waals surface area contributed by atoms with E-state index < -0.39 is 0 Å². The average Bonchev–Trinajstić information content (AvgIpc) is 3.16. The molecule has 1 N–H and O–H groups in total. The fourth-order valence-electron chi connectivity index (χ4n) is 3.08. The number of carbonyl (C=O) groups excluding carboxylic acids is 1. The normalized spacial score (nSPS) is 15.9. The summed E-state index contributed by atoms with van der Waals surface area (Å²) in [5, 5.41) is 5.12. The van der Waals surface area contributed by atoms with Gasteiger partial charge < -0.3 is 15.0 Å². The fraction of sp³-hybridized carbons (Fsp3) is 0.474. The number of aromatic nitrogens is 1. The van der Waals surface area contributed by atoms with E-state index in [2.05, 4.69) is 22.1 Å². The van der Waals surface area contributed by atoms with E-state index in [0.29, 0.717) is 17.9 Å². The fourth-order valence-corrected chi connectivity index (χ4v) is 3.62. The molecule has 134 valence electrons.